The van der Waals surface area contributed by atoms with Crippen LogP contribution in [0.5, 0.6) is 0 Å². The highest BCUT2D eigenvalue weighted by Gasteiger charge is 2.28. The Bertz CT molecular complexity index is 1900. The maximum atomic E-state index is 10.8. The molecular formula is C36H28N2. The second-order valence-electron chi connectivity index (χ2n) is 11.0. The van der Waals surface area contributed by atoms with Crippen LogP contribution in [0, 0.1) is 11.3 Å². The van der Waals surface area contributed by atoms with Crippen LogP contribution in [0.15, 0.2) is 84.9 Å². The van der Waals surface area contributed by atoms with E-state index in [-0.39, 0.29) is 0 Å². The smallest absolute Gasteiger partial charge is 0.102 e. The topological polar surface area (TPSA) is 27.0 Å². The van der Waals surface area contributed by atoms with Crippen molar-refractivity contribution in [3.63, 3.8) is 0 Å². The van der Waals surface area contributed by atoms with Crippen molar-refractivity contribution in [2.45, 2.75) is 32.1 Å². The third-order valence-electron chi connectivity index (χ3n) is 8.96. The molecule has 0 N–H and O–H groups in total. The lowest BCUT2D eigenvalue weighted by molar-refractivity contribution is 0.576. The van der Waals surface area contributed by atoms with Crippen molar-refractivity contribution in [1.29, 1.82) is 5.26 Å². The van der Waals surface area contributed by atoms with Gasteiger partial charge in [-0.15, -0.1) is 0 Å². The predicted molar refractivity (Wildman–Crippen MR) is 159 cm³/mol. The molecule has 2 aliphatic rings. The third-order valence-corrected chi connectivity index (χ3v) is 8.96. The van der Waals surface area contributed by atoms with Crippen LogP contribution in [0.25, 0.3) is 54.6 Å². The molecule has 1 fully saturated rings. The summed E-state index contributed by atoms with van der Waals surface area (Å²) < 4.78 is 0. The molecule has 0 atom stereocenters. The molecule has 38 heavy (non-hydrogen) atoms. The molecule has 2 nitrogen and oxygen atoms in total. The summed E-state index contributed by atoms with van der Waals surface area (Å²) >= 11 is 0. The molecule has 2 heteroatoms. The second kappa shape index (κ2) is 8.33. The number of hydrogen-bond acceptors (Lipinski definition) is 2. The summed E-state index contributed by atoms with van der Waals surface area (Å²) in [5.74, 6) is 0. The maximum absolute atomic E-state index is 10.8. The first kappa shape index (κ1) is 21.7. The van der Waals surface area contributed by atoms with E-state index >= 15 is 0 Å². The molecule has 0 amide bonds. The Kier molecular flexibility index (Phi) is 4.76. The van der Waals surface area contributed by atoms with Crippen LogP contribution >= 0.6 is 0 Å². The van der Waals surface area contributed by atoms with Crippen LogP contribution in [0.3, 0.4) is 0 Å². The van der Waals surface area contributed by atoms with Gasteiger partial charge in [0.1, 0.15) is 6.07 Å². The average Bonchev–Trinajstić information content (AvgIpc) is 2.99. The minimum Gasteiger partial charge on any atom is -0.370 e. The number of rotatable bonds is 2. The molecule has 182 valence electrons. The lowest BCUT2D eigenvalue weighted by atomic mass is 9.79. The summed E-state index contributed by atoms with van der Waals surface area (Å²) in [6.45, 7) is 2.06. The molecule has 1 aliphatic carbocycles. The van der Waals surface area contributed by atoms with Gasteiger partial charge in [0.15, 0.2) is 0 Å². The van der Waals surface area contributed by atoms with Gasteiger partial charge in [-0.3, -0.25) is 0 Å². The Hall–Kier alpha value is -4.35. The van der Waals surface area contributed by atoms with Crippen LogP contribution in [0.2, 0.25) is 0 Å². The second-order valence-corrected chi connectivity index (χ2v) is 11.0. The molecule has 0 radical (unpaired) electrons. The van der Waals surface area contributed by atoms with E-state index in [2.05, 4.69) is 95.9 Å². The van der Waals surface area contributed by atoms with Gasteiger partial charge in [-0.2, -0.15) is 5.26 Å². The fourth-order valence-corrected chi connectivity index (χ4v) is 7.23. The molecule has 0 saturated carbocycles. The van der Waals surface area contributed by atoms with Crippen molar-refractivity contribution in [3.8, 4) is 28.3 Å². The number of benzene rings is 6. The van der Waals surface area contributed by atoms with E-state index in [0.29, 0.717) is 0 Å². The Labute approximate surface area is 223 Å². The van der Waals surface area contributed by atoms with Gasteiger partial charge in [0.25, 0.3) is 0 Å². The van der Waals surface area contributed by atoms with Gasteiger partial charge in [-0.25, -0.2) is 0 Å². The lowest BCUT2D eigenvalue weighted by Gasteiger charge is -2.35. The van der Waals surface area contributed by atoms with Crippen LogP contribution in [0.1, 0.15) is 36.0 Å². The van der Waals surface area contributed by atoms with Crippen molar-refractivity contribution in [2.75, 3.05) is 18.0 Å². The zero-order valence-electron chi connectivity index (χ0n) is 21.4. The fraction of sp³-hybridized carbons (Fsp3) is 0.194. The first-order chi connectivity index (χ1) is 18.8. The Morgan fingerprint density at radius 1 is 0.605 bits per heavy atom. The molecule has 6 aromatic carbocycles. The summed E-state index contributed by atoms with van der Waals surface area (Å²) in [5, 5.41) is 18.4. The quantitative estimate of drug-likeness (QED) is 0.228. The van der Waals surface area contributed by atoms with E-state index in [1.165, 1.54) is 79.5 Å². The largest absolute Gasteiger partial charge is 0.370 e. The van der Waals surface area contributed by atoms with Crippen molar-refractivity contribution >= 4 is 38.0 Å². The maximum Gasteiger partial charge on any atom is 0.102 e. The van der Waals surface area contributed by atoms with Gasteiger partial charge >= 0.3 is 0 Å². The standard InChI is InChI=1S/C36H28N2/c37-22-33-32(28-16-14-26-12-11-24-8-6-9-25-15-17-29(28)35(26)34(24)25)21-31-27-10-3-2-7-23(27)13-18-30(31)36(33)38-19-4-1-5-20-38/h2-3,6-12,14-17,21H,1,4-5,13,18-20H2. The zero-order chi connectivity index (χ0) is 25.2. The molecule has 0 unspecified atom stereocenters. The van der Waals surface area contributed by atoms with E-state index in [1.807, 2.05) is 0 Å². The Morgan fingerprint density at radius 2 is 1.34 bits per heavy atom. The van der Waals surface area contributed by atoms with Crippen molar-refractivity contribution in [1.82, 2.24) is 0 Å². The molecule has 1 aliphatic heterocycles. The highest BCUT2D eigenvalue weighted by atomic mass is 15.1. The van der Waals surface area contributed by atoms with Crippen LogP contribution in [-0.4, -0.2) is 13.1 Å². The van der Waals surface area contributed by atoms with Crippen LogP contribution < -0.4 is 4.90 Å². The van der Waals surface area contributed by atoms with E-state index in [9.17, 15) is 5.26 Å². The Morgan fingerprint density at radius 3 is 2.16 bits per heavy atom. The van der Waals surface area contributed by atoms with Gasteiger partial charge in [0.05, 0.1) is 11.3 Å². The van der Waals surface area contributed by atoms with E-state index in [1.54, 1.807) is 0 Å². The van der Waals surface area contributed by atoms with E-state index in [4.69, 9.17) is 0 Å². The molecular weight excluding hydrogens is 460 g/mol. The summed E-state index contributed by atoms with van der Waals surface area (Å²) in [5.41, 5.74) is 9.69. The molecule has 8 rings (SSSR count). The van der Waals surface area contributed by atoms with E-state index < -0.39 is 0 Å². The first-order valence-electron chi connectivity index (χ1n) is 13.9. The summed E-state index contributed by atoms with van der Waals surface area (Å²) in [6.07, 6.45) is 5.69. The molecule has 1 heterocycles. The third kappa shape index (κ3) is 3.06. The number of aryl methyl sites for hydroxylation is 1. The number of nitriles is 1. The lowest BCUT2D eigenvalue weighted by Crippen LogP contribution is -2.31. The van der Waals surface area contributed by atoms with Gasteiger partial charge in [-0.1, -0.05) is 78.9 Å². The highest BCUT2D eigenvalue weighted by molar-refractivity contribution is 6.25. The SMILES string of the molecule is N#Cc1c(-c2ccc3ccc4cccc5ccc2c3c45)cc2c(c1N1CCCCC1)CCc1ccccc1-2. The number of piperidine rings is 1. The van der Waals surface area contributed by atoms with Gasteiger partial charge in [0, 0.05) is 18.7 Å². The first-order valence-corrected chi connectivity index (χ1v) is 13.9. The highest BCUT2D eigenvalue weighted by Crippen LogP contribution is 2.47. The molecule has 6 aromatic rings. The number of anilines is 1. The van der Waals surface area contributed by atoms with Gasteiger partial charge < -0.3 is 4.90 Å². The number of fused-ring (bicyclic) bond motifs is 3. The van der Waals surface area contributed by atoms with Crippen LogP contribution in [0.4, 0.5) is 5.69 Å². The van der Waals surface area contributed by atoms with Crippen molar-refractivity contribution in [3.05, 3.63) is 102 Å². The summed E-state index contributed by atoms with van der Waals surface area (Å²) in [7, 11) is 0. The van der Waals surface area contributed by atoms with Gasteiger partial charge in [0.2, 0.25) is 0 Å². The summed E-state index contributed by atoms with van der Waals surface area (Å²) in [4.78, 5) is 2.52. The van der Waals surface area contributed by atoms with E-state index in [0.717, 1.165) is 42.6 Å². The fourth-order valence-electron chi connectivity index (χ4n) is 7.23. The Balaban J connectivity index is 1.48. The van der Waals surface area contributed by atoms with Crippen LogP contribution in [-0.2, 0) is 12.8 Å². The van der Waals surface area contributed by atoms with Gasteiger partial charge in [-0.05, 0) is 98.3 Å². The van der Waals surface area contributed by atoms with Crippen molar-refractivity contribution in [2.24, 2.45) is 0 Å². The molecule has 0 spiro atoms. The molecule has 1 saturated heterocycles. The van der Waals surface area contributed by atoms with Crippen molar-refractivity contribution < 1.29 is 0 Å². The number of hydrogen-bond donors (Lipinski definition) is 0. The predicted octanol–water partition coefficient (Wildman–Crippen LogP) is 8.88. The minimum absolute atomic E-state index is 0.847. The normalized spacial score (nSPS) is 15.1. The minimum atomic E-state index is 0.847. The zero-order valence-corrected chi connectivity index (χ0v) is 21.4. The number of nitrogens with zero attached hydrogens (tertiary/aromatic N) is 2. The molecule has 0 aromatic heterocycles. The molecule has 0 bridgehead atoms. The summed E-state index contributed by atoms with van der Waals surface area (Å²) in [6, 6.07) is 34.0. The average molecular weight is 489 g/mol. The monoisotopic (exact) mass is 488 g/mol.